The summed E-state index contributed by atoms with van der Waals surface area (Å²) < 4.78 is 0. The molecule has 2 amide bonds. The van der Waals surface area contributed by atoms with Crippen molar-refractivity contribution in [2.24, 2.45) is 0 Å². The van der Waals surface area contributed by atoms with Crippen LogP contribution in [0.2, 0.25) is 0 Å². The van der Waals surface area contributed by atoms with E-state index in [0.717, 1.165) is 5.56 Å². The Labute approximate surface area is 125 Å². The predicted molar refractivity (Wildman–Crippen MR) is 80.2 cm³/mol. The highest BCUT2D eigenvalue weighted by molar-refractivity contribution is 5.75. The smallest absolute Gasteiger partial charge is 0.317 e. The molecule has 1 saturated carbocycles. The lowest BCUT2D eigenvalue weighted by Crippen LogP contribution is -2.39. The van der Waals surface area contributed by atoms with E-state index < -0.39 is 5.97 Å². The lowest BCUT2D eigenvalue weighted by molar-refractivity contribution is -0.137. The summed E-state index contributed by atoms with van der Waals surface area (Å²) in [5, 5.41) is 11.5. The molecule has 2 rings (SSSR count). The van der Waals surface area contributed by atoms with E-state index in [-0.39, 0.29) is 25.0 Å². The Balaban J connectivity index is 1.90. The first kappa shape index (κ1) is 15.4. The number of urea groups is 1. The second kappa shape index (κ2) is 6.61. The zero-order valence-corrected chi connectivity index (χ0v) is 12.5. The van der Waals surface area contributed by atoms with Crippen LogP contribution in [-0.2, 0) is 4.79 Å². The van der Waals surface area contributed by atoms with Crippen LogP contribution in [0.5, 0.6) is 0 Å². The van der Waals surface area contributed by atoms with Gasteiger partial charge in [0.15, 0.2) is 0 Å². The first-order chi connectivity index (χ1) is 9.97. The van der Waals surface area contributed by atoms with Gasteiger partial charge in [0.1, 0.15) is 0 Å². The molecule has 114 valence electrons. The molecule has 1 unspecified atom stereocenters. The van der Waals surface area contributed by atoms with Crippen molar-refractivity contribution in [2.45, 2.75) is 38.1 Å². The van der Waals surface area contributed by atoms with Crippen LogP contribution in [0.15, 0.2) is 24.3 Å². The van der Waals surface area contributed by atoms with Crippen LogP contribution < -0.4 is 5.32 Å². The number of aliphatic carboxylic acids is 1. The maximum atomic E-state index is 12.0. The molecule has 5 heteroatoms. The van der Waals surface area contributed by atoms with Crippen LogP contribution in [0.3, 0.4) is 0 Å². The van der Waals surface area contributed by atoms with Crippen molar-refractivity contribution in [2.75, 3.05) is 13.6 Å². The van der Waals surface area contributed by atoms with Gasteiger partial charge in [0, 0.05) is 13.6 Å². The molecule has 0 radical (unpaired) electrons. The average molecular weight is 290 g/mol. The molecule has 1 fully saturated rings. The minimum Gasteiger partial charge on any atom is -0.481 e. The summed E-state index contributed by atoms with van der Waals surface area (Å²) in [4.78, 5) is 23.9. The van der Waals surface area contributed by atoms with E-state index in [0.29, 0.717) is 5.92 Å². The van der Waals surface area contributed by atoms with Crippen molar-refractivity contribution in [3.63, 3.8) is 0 Å². The van der Waals surface area contributed by atoms with E-state index in [9.17, 15) is 9.59 Å². The normalized spacial score (nSPS) is 15.3. The minimum absolute atomic E-state index is 0.0462. The fourth-order valence-electron chi connectivity index (χ4n) is 2.24. The van der Waals surface area contributed by atoms with Crippen molar-refractivity contribution < 1.29 is 14.7 Å². The molecule has 1 aromatic rings. The number of amides is 2. The molecule has 0 heterocycles. The summed E-state index contributed by atoms with van der Waals surface area (Å²) in [6, 6.07) is 7.98. The minimum atomic E-state index is -0.903. The maximum absolute atomic E-state index is 12.0. The Hall–Kier alpha value is -2.04. The summed E-state index contributed by atoms with van der Waals surface area (Å²) in [7, 11) is 1.60. The monoisotopic (exact) mass is 290 g/mol. The number of rotatable bonds is 6. The van der Waals surface area contributed by atoms with Gasteiger partial charge in [-0.1, -0.05) is 24.3 Å². The van der Waals surface area contributed by atoms with Crippen molar-refractivity contribution in [1.82, 2.24) is 10.2 Å². The van der Waals surface area contributed by atoms with Gasteiger partial charge in [-0.3, -0.25) is 4.79 Å². The first-order valence-corrected chi connectivity index (χ1v) is 7.30. The standard InChI is InChI=1S/C16H22N2O3/c1-11(17-16(21)18(2)9-8-15(19)20)13-4-3-5-14(10-13)12-6-7-12/h3-5,10-12H,6-9H2,1-2H3,(H,17,21)(H,19,20). The van der Waals surface area contributed by atoms with E-state index in [1.54, 1.807) is 7.05 Å². The summed E-state index contributed by atoms with van der Waals surface area (Å²) in [6.07, 6.45) is 2.46. The lowest BCUT2D eigenvalue weighted by Gasteiger charge is -2.21. The second-order valence-electron chi connectivity index (χ2n) is 5.68. The molecular weight excluding hydrogens is 268 g/mol. The van der Waals surface area contributed by atoms with Gasteiger partial charge in [0.25, 0.3) is 0 Å². The highest BCUT2D eigenvalue weighted by Crippen LogP contribution is 2.40. The Bertz CT molecular complexity index is 526. The van der Waals surface area contributed by atoms with Crippen molar-refractivity contribution in [3.05, 3.63) is 35.4 Å². The van der Waals surface area contributed by atoms with Crippen LogP contribution in [0.25, 0.3) is 0 Å². The summed E-state index contributed by atoms with van der Waals surface area (Å²) in [6.45, 7) is 2.14. The molecule has 21 heavy (non-hydrogen) atoms. The molecule has 1 aliphatic rings. The number of carboxylic acids is 1. The van der Waals surface area contributed by atoms with Crippen LogP contribution >= 0.6 is 0 Å². The zero-order valence-electron chi connectivity index (χ0n) is 12.5. The number of nitrogens with zero attached hydrogens (tertiary/aromatic N) is 1. The molecule has 1 aromatic carbocycles. The third kappa shape index (κ3) is 4.48. The number of carbonyl (C=O) groups excluding carboxylic acids is 1. The first-order valence-electron chi connectivity index (χ1n) is 7.30. The number of hydrogen-bond acceptors (Lipinski definition) is 2. The highest BCUT2D eigenvalue weighted by Gasteiger charge is 2.24. The van der Waals surface area contributed by atoms with Crippen molar-refractivity contribution in [3.8, 4) is 0 Å². The van der Waals surface area contributed by atoms with Gasteiger partial charge in [0.05, 0.1) is 12.5 Å². The zero-order chi connectivity index (χ0) is 15.4. The molecule has 0 aromatic heterocycles. The van der Waals surface area contributed by atoms with E-state index in [1.165, 1.54) is 23.3 Å². The fourth-order valence-corrected chi connectivity index (χ4v) is 2.24. The van der Waals surface area contributed by atoms with E-state index >= 15 is 0 Å². The number of benzene rings is 1. The molecule has 0 aliphatic heterocycles. The Morgan fingerprint density at radius 3 is 2.76 bits per heavy atom. The predicted octanol–water partition coefficient (Wildman–Crippen LogP) is 2.74. The Kier molecular flexibility index (Phi) is 4.83. The van der Waals surface area contributed by atoms with E-state index in [2.05, 4.69) is 17.4 Å². The Morgan fingerprint density at radius 2 is 2.14 bits per heavy atom. The number of carboxylic acid groups (broad SMARTS) is 1. The van der Waals surface area contributed by atoms with Crippen LogP contribution in [-0.4, -0.2) is 35.6 Å². The van der Waals surface area contributed by atoms with Crippen LogP contribution in [0, 0.1) is 0 Å². The molecule has 0 spiro atoms. The van der Waals surface area contributed by atoms with Gasteiger partial charge in [-0.2, -0.15) is 0 Å². The second-order valence-corrected chi connectivity index (χ2v) is 5.68. The third-order valence-electron chi connectivity index (χ3n) is 3.81. The van der Waals surface area contributed by atoms with Gasteiger partial charge in [-0.15, -0.1) is 0 Å². The SMILES string of the molecule is CC(NC(=O)N(C)CCC(=O)O)c1cccc(C2CC2)c1. The number of carbonyl (C=O) groups is 2. The average Bonchev–Trinajstić information content (AvgIpc) is 3.29. The van der Waals surface area contributed by atoms with E-state index in [1.807, 2.05) is 19.1 Å². The largest absolute Gasteiger partial charge is 0.481 e. The van der Waals surface area contributed by atoms with Gasteiger partial charge in [-0.05, 0) is 36.8 Å². The molecule has 5 nitrogen and oxygen atoms in total. The number of nitrogens with one attached hydrogen (secondary N) is 1. The summed E-state index contributed by atoms with van der Waals surface area (Å²) in [5.74, 6) is -0.217. The van der Waals surface area contributed by atoms with Crippen LogP contribution in [0.4, 0.5) is 4.79 Å². The summed E-state index contributed by atoms with van der Waals surface area (Å²) >= 11 is 0. The van der Waals surface area contributed by atoms with Gasteiger partial charge in [-0.25, -0.2) is 4.79 Å². The van der Waals surface area contributed by atoms with Crippen molar-refractivity contribution in [1.29, 1.82) is 0 Å². The maximum Gasteiger partial charge on any atom is 0.317 e. The highest BCUT2D eigenvalue weighted by atomic mass is 16.4. The van der Waals surface area contributed by atoms with E-state index in [4.69, 9.17) is 5.11 Å². The molecule has 0 bridgehead atoms. The number of hydrogen-bond donors (Lipinski definition) is 2. The fraction of sp³-hybridized carbons (Fsp3) is 0.500. The topological polar surface area (TPSA) is 69.6 Å². The van der Waals surface area contributed by atoms with Gasteiger partial charge in [0.2, 0.25) is 0 Å². The lowest BCUT2D eigenvalue weighted by atomic mass is 10.0. The quantitative estimate of drug-likeness (QED) is 0.846. The molecule has 1 atom stereocenters. The molecule has 2 N–H and O–H groups in total. The van der Waals surface area contributed by atoms with Gasteiger partial charge >= 0.3 is 12.0 Å². The molecule has 1 aliphatic carbocycles. The van der Waals surface area contributed by atoms with Crippen LogP contribution in [0.1, 0.15) is 49.3 Å². The molecule has 0 saturated heterocycles. The van der Waals surface area contributed by atoms with Crippen molar-refractivity contribution >= 4 is 12.0 Å². The summed E-state index contributed by atoms with van der Waals surface area (Å²) in [5.41, 5.74) is 2.42. The molecular formula is C16H22N2O3. The van der Waals surface area contributed by atoms with Gasteiger partial charge < -0.3 is 15.3 Å². The Morgan fingerprint density at radius 1 is 1.43 bits per heavy atom. The third-order valence-corrected chi connectivity index (χ3v) is 3.81.